The predicted molar refractivity (Wildman–Crippen MR) is 162 cm³/mol. The number of thiophene rings is 1. The molecule has 2 aromatic carbocycles. The number of fused-ring (bicyclic) bond motifs is 1. The highest BCUT2D eigenvalue weighted by Crippen LogP contribution is 2.38. The molecule has 0 saturated carbocycles. The van der Waals surface area contributed by atoms with E-state index in [4.69, 9.17) is 9.47 Å². The van der Waals surface area contributed by atoms with Gasteiger partial charge < -0.3 is 14.8 Å². The average molecular weight is 626 g/mol. The van der Waals surface area contributed by atoms with E-state index < -0.39 is 21.9 Å². The standard InChI is InChI=1S/C31H35N3O7S2/c1-3-41-31(37)27-25-15-16-33(19-21-7-5-4-6-8-21)20-26(25)42-29(27)32-28(35)22-9-11-24(12-10-22)43(38,39)34-17-13-23(14-18-34)30(36)40-2/h4-12,23H,3,13-20H2,1-2H3,(H,32,35). The number of carbonyl (C=O) groups is 3. The third-order valence-corrected chi connectivity index (χ3v) is 10.9. The molecule has 10 nitrogen and oxygen atoms in total. The molecule has 12 heteroatoms. The maximum absolute atomic E-state index is 13.3. The first-order chi connectivity index (χ1) is 20.7. The maximum atomic E-state index is 13.3. The Labute approximate surface area is 255 Å². The van der Waals surface area contributed by atoms with Crippen LogP contribution in [0.15, 0.2) is 59.5 Å². The van der Waals surface area contributed by atoms with Gasteiger partial charge in [0.1, 0.15) is 5.00 Å². The first-order valence-electron chi connectivity index (χ1n) is 14.3. The van der Waals surface area contributed by atoms with Crippen molar-refractivity contribution >= 4 is 44.2 Å². The van der Waals surface area contributed by atoms with E-state index in [9.17, 15) is 22.8 Å². The third kappa shape index (κ3) is 6.82. The van der Waals surface area contributed by atoms with Crippen LogP contribution in [0.3, 0.4) is 0 Å². The quantitative estimate of drug-likeness (QED) is 0.349. The fraction of sp³-hybridized carbons (Fsp3) is 0.387. The van der Waals surface area contributed by atoms with E-state index in [1.807, 2.05) is 18.2 Å². The minimum Gasteiger partial charge on any atom is -0.469 e. The number of carbonyl (C=O) groups excluding carboxylic acids is 3. The molecule has 0 unspecified atom stereocenters. The summed E-state index contributed by atoms with van der Waals surface area (Å²) in [6, 6.07) is 15.9. The van der Waals surface area contributed by atoms with E-state index in [-0.39, 0.29) is 42.0 Å². The van der Waals surface area contributed by atoms with Crippen molar-refractivity contribution in [3.8, 4) is 0 Å². The van der Waals surface area contributed by atoms with E-state index in [0.717, 1.165) is 23.5 Å². The Morgan fingerprint density at radius 3 is 2.35 bits per heavy atom. The van der Waals surface area contributed by atoms with Gasteiger partial charge in [0, 0.05) is 43.2 Å². The van der Waals surface area contributed by atoms with E-state index in [1.165, 1.54) is 52.6 Å². The maximum Gasteiger partial charge on any atom is 0.341 e. The molecule has 1 aromatic heterocycles. The van der Waals surface area contributed by atoms with Crippen LogP contribution in [0.4, 0.5) is 5.00 Å². The van der Waals surface area contributed by atoms with Gasteiger partial charge in [-0.1, -0.05) is 30.3 Å². The molecule has 0 radical (unpaired) electrons. The molecule has 1 fully saturated rings. The highest BCUT2D eigenvalue weighted by atomic mass is 32.2. The van der Waals surface area contributed by atoms with Crippen molar-refractivity contribution in [2.24, 2.45) is 5.92 Å². The lowest BCUT2D eigenvalue weighted by Crippen LogP contribution is -2.40. The number of hydrogen-bond acceptors (Lipinski definition) is 9. The average Bonchev–Trinajstić information content (AvgIpc) is 3.38. The van der Waals surface area contributed by atoms with Crippen LogP contribution in [-0.2, 0) is 43.8 Å². The van der Waals surface area contributed by atoms with Crippen molar-refractivity contribution in [3.63, 3.8) is 0 Å². The van der Waals surface area contributed by atoms with Crippen LogP contribution in [0.2, 0.25) is 0 Å². The first-order valence-corrected chi connectivity index (χ1v) is 16.5. The van der Waals surface area contributed by atoms with Crippen molar-refractivity contribution in [2.45, 2.75) is 44.2 Å². The van der Waals surface area contributed by atoms with Gasteiger partial charge in [0.15, 0.2) is 0 Å². The lowest BCUT2D eigenvalue weighted by molar-refractivity contribution is -0.146. The van der Waals surface area contributed by atoms with Crippen LogP contribution in [0, 0.1) is 5.92 Å². The Morgan fingerprint density at radius 1 is 1.00 bits per heavy atom. The number of hydrogen-bond donors (Lipinski definition) is 1. The number of benzene rings is 2. The zero-order valence-corrected chi connectivity index (χ0v) is 25.8. The minimum absolute atomic E-state index is 0.0675. The number of nitrogens with one attached hydrogen (secondary N) is 1. The number of esters is 2. The van der Waals surface area contributed by atoms with Gasteiger partial charge in [-0.3, -0.25) is 14.5 Å². The largest absolute Gasteiger partial charge is 0.469 e. The molecule has 228 valence electrons. The van der Waals surface area contributed by atoms with Crippen molar-refractivity contribution in [1.29, 1.82) is 0 Å². The second-order valence-corrected chi connectivity index (χ2v) is 13.6. The molecule has 0 bridgehead atoms. The minimum atomic E-state index is -3.79. The Kier molecular flexibility index (Phi) is 9.60. The molecule has 3 aromatic rings. The molecule has 2 aliphatic heterocycles. The molecular weight excluding hydrogens is 590 g/mol. The summed E-state index contributed by atoms with van der Waals surface area (Å²) in [6.45, 7) is 4.60. The van der Waals surface area contributed by atoms with Crippen molar-refractivity contribution in [3.05, 3.63) is 81.7 Å². The number of amides is 1. The molecule has 1 amide bonds. The van der Waals surface area contributed by atoms with Gasteiger partial charge in [-0.15, -0.1) is 11.3 Å². The third-order valence-electron chi connectivity index (χ3n) is 7.83. The number of nitrogens with zero attached hydrogens (tertiary/aromatic N) is 2. The molecule has 1 N–H and O–H groups in total. The van der Waals surface area contributed by atoms with E-state index in [2.05, 4.69) is 22.3 Å². The normalized spacial score (nSPS) is 16.3. The van der Waals surface area contributed by atoms with Crippen molar-refractivity contribution < 1.29 is 32.3 Å². The Morgan fingerprint density at radius 2 is 1.70 bits per heavy atom. The second-order valence-electron chi connectivity index (χ2n) is 10.6. The number of rotatable bonds is 9. The summed E-state index contributed by atoms with van der Waals surface area (Å²) in [4.78, 5) is 41.5. The number of methoxy groups -OCH3 is 1. The number of piperidine rings is 1. The van der Waals surface area contributed by atoms with Gasteiger partial charge in [0.05, 0.1) is 30.1 Å². The summed E-state index contributed by atoms with van der Waals surface area (Å²) in [5, 5.41) is 3.32. The van der Waals surface area contributed by atoms with Crippen LogP contribution in [-0.4, -0.2) is 68.8 Å². The molecule has 2 aliphatic rings. The van der Waals surface area contributed by atoms with Crippen LogP contribution in [0.1, 0.15) is 56.5 Å². The van der Waals surface area contributed by atoms with E-state index in [1.54, 1.807) is 6.92 Å². The van der Waals surface area contributed by atoms with Gasteiger partial charge >= 0.3 is 11.9 Å². The monoisotopic (exact) mass is 625 g/mol. The van der Waals surface area contributed by atoms with Gasteiger partial charge in [0.25, 0.3) is 5.91 Å². The lowest BCUT2D eigenvalue weighted by atomic mass is 9.99. The summed E-state index contributed by atoms with van der Waals surface area (Å²) in [5.74, 6) is -1.55. The van der Waals surface area contributed by atoms with Gasteiger partial charge in [0.2, 0.25) is 10.0 Å². The van der Waals surface area contributed by atoms with Gasteiger partial charge in [-0.2, -0.15) is 4.31 Å². The van der Waals surface area contributed by atoms with Crippen molar-refractivity contribution in [1.82, 2.24) is 9.21 Å². The molecule has 0 aliphatic carbocycles. The van der Waals surface area contributed by atoms with Crippen LogP contribution in [0.5, 0.6) is 0 Å². The van der Waals surface area contributed by atoms with Crippen molar-refractivity contribution in [2.75, 3.05) is 38.7 Å². The SMILES string of the molecule is CCOC(=O)c1c(NC(=O)c2ccc(S(=O)(=O)N3CCC(C(=O)OC)CC3)cc2)sc2c1CCN(Cc1ccccc1)C2. The topological polar surface area (TPSA) is 122 Å². The molecule has 1 saturated heterocycles. The van der Waals surface area contributed by atoms with Gasteiger partial charge in [-0.25, -0.2) is 13.2 Å². The molecule has 3 heterocycles. The zero-order valence-electron chi connectivity index (χ0n) is 24.2. The molecule has 5 rings (SSSR count). The van der Waals surface area contributed by atoms with Crippen LogP contribution >= 0.6 is 11.3 Å². The van der Waals surface area contributed by atoms with E-state index in [0.29, 0.717) is 36.4 Å². The number of sulfonamides is 1. The smallest absolute Gasteiger partial charge is 0.341 e. The summed E-state index contributed by atoms with van der Waals surface area (Å²) in [5.41, 5.74) is 2.76. The first kappa shape index (κ1) is 30.9. The fourth-order valence-corrected chi connectivity index (χ4v) is 8.28. The highest BCUT2D eigenvalue weighted by molar-refractivity contribution is 7.89. The zero-order chi connectivity index (χ0) is 30.6. The summed E-state index contributed by atoms with van der Waals surface area (Å²) < 4.78 is 37.9. The number of ether oxygens (including phenoxy) is 2. The summed E-state index contributed by atoms with van der Waals surface area (Å²) in [6.07, 6.45) is 1.44. The Hall–Kier alpha value is -3.58. The molecule has 43 heavy (non-hydrogen) atoms. The van der Waals surface area contributed by atoms with E-state index >= 15 is 0 Å². The predicted octanol–water partition coefficient (Wildman–Crippen LogP) is 4.31. The summed E-state index contributed by atoms with van der Waals surface area (Å²) in [7, 11) is -2.46. The van der Waals surface area contributed by atoms with Gasteiger partial charge in [-0.05, 0) is 61.6 Å². The molecule has 0 spiro atoms. The second kappa shape index (κ2) is 13.4. The highest BCUT2D eigenvalue weighted by Gasteiger charge is 2.33. The molecule has 0 atom stereocenters. The Bertz CT molecular complexity index is 1580. The fourth-order valence-electron chi connectivity index (χ4n) is 5.54. The lowest BCUT2D eigenvalue weighted by Gasteiger charge is -2.29. The molecular formula is C31H35N3O7S2. The van der Waals surface area contributed by atoms with Crippen LogP contribution < -0.4 is 5.32 Å². The summed E-state index contributed by atoms with van der Waals surface area (Å²) >= 11 is 1.37. The Balaban J connectivity index is 1.30. The van der Waals surface area contributed by atoms with Crippen LogP contribution in [0.25, 0.3) is 0 Å². The number of anilines is 1.